The first kappa shape index (κ1) is 21.6. The zero-order chi connectivity index (χ0) is 19.7. The van der Waals surface area contributed by atoms with Crippen molar-refractivity contribution in [3.05, 3.63) is 53.0 Å². The summed E-state index contributed by atoms with van der Waals surface area (Å²) in [6.45, 7) is 3.60. The molecule has 4 rings (SSSR count). The predicted molar refractivity (Wildman–Crippen MR) is 126 cm³/mol. The Kier molecular flexibility index (Phi) is 6.85. The highest BCUT2D eigenvalue weighted by atomic mass is 35.5. The van der Waals surface area contributed by atoms with Gasteiger partial charge in [-0.15, -0.1) is 23.7 Å². The Hall–Kier alpha value is -2.06. The van der Waals surface area contributed by atoms with Gasteiger partial charge in [-0.3, -0.25) is 9.69 Å². The van der Waals surface area contributed by atoms with Crippen LogP contribution in [0.5, 0.6) is 0 Å². The van der Waals surface area contributed by atoms with Gasteiger partial charge in [0, 0.05) is 6.54 Å². The number of benzene rings is 2. The van der Waals surface area contributed by atoms with Gasteiger partial charge in [0.25, 0.3) is 5.91 Å². The first-order valence-electron chi connectivity index (χ1n) is 9.20. The van der Waals surface area contributed by atoms with Crippen molar-refractivity contribution in [1.29, 1.82) is 0 Å². The Morgan fingerprint density at radius 2 is 1.72 bits per heavy atom. The van der Waals surface area contributed by atoms with E-state index in [2.05, 4.69) is 28.9 Å². The number of para-hydroxylation sites is 1. The molecule has 0 aliphatic heterocycles. The molecule has 0 spiro atoms. The lowest BCUT2D eigenvalue weighted by molar-refractivity contribution is 0.0986. The molecule has 0 unspecified atom stereocenters. The fraction of sp³-hybridized carbons (Fsp3) is 0.286. The summed E-state index contributed by atoms with van der Waals surface area (Å²) in [5, 5.41) is 1.25. The Labute approximate surface area is 184 Å². The zero-order valence-electron chi connectivity index (χ0n) is 16.6. The molecule has 2 heterocycles. The summed E-state index contributed by atoms with van der Waals surface area (Å²) in [7, 11) is 4.08. The second-order valence-corrected chi connectivity index (χ2v) is 9.11. The fourth-order valence-corrected chi connectivity index (χ4v) is 5.05. The highest BCUT2D eigenvalue weighted by Gasteiger charge is 2.24. The number of thiazole rings is 2. The maximum atomic E-state index is 13.4. The quantitative estimate of drug-likeness (QED) is 0.406. The maximum Gasteiger partial charge on any atom is 0.289 e. The lowest BCUT2D eigenvalue weighted by atomic mass is 10.2. The molecule has 0 fully saturated rings. The van der Waals surface area contributed by atoms with Gasteiger partial charge in [-0.05, 0) is 63.8 Å². The SMILES string of the molecule is Cc1ccc2nc(N(CCCN(C)C)C(=O)c3nc4ccccc4s3)sc2c1.Cl. The van der Waals surface area contributed by atoms with E-state index in [-0.39, 0.29) is 18.3 Å². The van der Waals surface area contributed by atoms with Gasteiger partial charge in [-0.25, -0.2) is 9.97 Å². The van der Waals surface area contributed by atoms with Gasteiger partial charge in [0.05, 0.1) is 20.4 Å². The number of carbonyl (C=O) groups is 1. The molecule has 2 aromatic carbocycles. The summed E-state index contributed by atoms with van der Waals surface area (Å²) in [6, 6.07) is 14.1. The number of hydrogen-bond donors (Lipinski definition) is 0. The van der Waals surface area contributed by atoms with E-state index < -0.39 is 0 Å². The Balaban J connectivity index is 0.00000240. The molecular formula is C21H23ClN4OS2. The van der Waals surface area contributed by atoms with Gasteiger partial charge >= 0.3 is 0 Å². The Morgan fingerprint density at radius 1 is 0.966 bits per heavy atom. The first-order valence-corrected chi connectivity index (χ1v) is 10.8. The van der Waals surface area contributed by atoms with E-state index in [0.717, 1.165) is 38.5 Å². The molecule has 0 N–H and O–H groups in total. The van der Waals surface area contributed by atoms with Crippen LogP contribution in [0.15, 0.2) is 42.5 Å². The topological polar surface area (TPSA) is 49.3 Å². The van der Waals surface area contributed by atoms with Crippen molar-refractivity contribution in [2.75, 3.05) is 32.1 Å². The van der Waals surface area contributed by atoms with Crippen LogP contribution in [-0.4, -0.2) is 48.0 Å². The average Bonchev–Trinajstić information content (AvgIpc) is 3.27. The van der Waals surface area contributed by atoms with E-state index in [9.17, 15) is 4.79 Å². The van der Waals surface area contributed by atoms with Gasteiger partial charge in [0.1, 0.15) is 0 Å². The van der Waals surface area contributed by atoms with Crippen LogP contribution in [0.1, 0.15) is 21.8 Å². The number of fused-ring (bicyclic) bond motifs is 2. The van der Waals surface area contributed by atoms with Crippen LogP contribution in [-0.2, 0) is 0 Å². The highest BCUT2D eigenvalue weighted by Crippen LogP contribution is 2.31. The fourth-order valence-electron chi connectivity index (χ4n) is 3.04. The maximum absolute atomic E-state index is 13.4. The first-order chi connectivity index (χ1) is 13.5. The Bertz CT molecular complexity index is 1110. The van der Waals surface area contributed by atoms with Crippen molar-refractivity contribution in [2.45, 2.75) is 13.3 Å². The molecule has 0 saturated heterocycles. The van der Waals surface area contributed by atoms with Crippen molar-refractivity contribution in [3.8, 4) is 0 Å². The van der Waals surface area contributed by atoms with Crippen molar-refractivity contribution >= 4 is 66.6 Å². The second kappa shape index (κ2) is 9.17. The van der Waals surface area contributed by atoms with Crippen LogP contribution >= 0.6 is 35.1 Å². The largest absolute Gasteiger partial charge is 0.309 e. The minimum atomic E-state index is -0.0734. The van der Waals surface area contributed by atoms with E-state index in [1.54, 1.807) is 16.2 Å². The van der Waals surface area contributed by atoms with E-state index in [1.165, 1.54) is 16.9 Å². The van der Waals surface area contributed by atoms with Gasteiger partial charge < -0.3 is 4.90 Å². The highest BCUT2D eigenvalue weighted by molar-refractivity contribution is 7.23. The number of aryl methyl sites for hydroxylation is 1. The molecule has 0 aliphatic rings. The molecule has 8 heteroatoms. The van der Waals surface area contributed by atoms with E-state index in [4.69, 9.17) is 4.98 Å². The number of aromatic nitrogens is 2. The molecule has 2 aromatic heterocycles. The monoisotopic (exact) mass is 446 g/mol. The molecule has 0 atom stereocenters. The minimum Gasteiger partial charge on any atom is -0.309 e. The molecule has 4 aromatic rings. The summed E-state index contributed by atoms with van der Waals surface area (Å²) < 4.78 is 2.13. The van der Waals surface area contributed by atoms with Crippen LogP contribution in [0.4, 0.5) is 5.13 Å². The van der Waals surface area contributed by atoms with Crippen molar-refractivity contribution in [2.24, 2.45) is 0 Å². The van der Waals surface area contributed by atoms with Crippen molar-refractivity contribution < 1.29 is 4.79 Å². The van der Waals surface area contributed by atoms with Crippen LogP contribution in [0.3, 0.4) is 0 Å². The number of hydrogen-bond acceptors (Lipinski definition) is 6. The number of nitrogens with zero attached hydrogens (tertiary/aromatic N) is 4. The van der Waals surface area contributed by atoms with E-state index in [0.29, 0.717) is 11.6 Å². The molecule has 5 nitrogen and oxygen atoms in total. The third kappa shape index (κ3) is 4.75. The van der Waals surface area contributed by atoms with Crippen molar-refractivity contribution in [1.82, 2.24) is 14.9 Å². The van der Waals surface area contributed by atoms with Crippen LogP contribution in [0, 0.1) is 6.92 Å². The summed E-state index contributed by atoms with van der Waals surface area (Å²) in [5.41, 5.74) is 2.99. The molecule has 152 valence electrons. The molecule has 1 amide bonds. The number of anilines is 1. The van der Waals surface area contributed by atoms with E-state index >= 15 is 0 Å². The number of halogens is 1. The number of carbonyl (C=O) groups excluding carboxylic acids is 1. The number of rotatable bonds is 6. The minimum absolute atomic E-state index is 0. The molecule has 0 bridgehead atoms. The van der Waals surface area contributed by atoms with E-state index in [1.807, 2.05) is 44.4 Å². The molecule has 29 heavy (non-hydrogen) atoms. The van der Waals surface area contributed by atoms with Gasteiger partial charge in [-0.2, -0.15) is 0 Å². The third-order valence-corrected chi connectivity index (χ3v) is 6.54. The third-order valence-electron chi connectivity index (χ3n) is 4.47. The lowest BCUT2D eigenvalue weighted by Crippen LogP contribution is -2.33. The van der Waals surface area contributed by atoms with Crippen LogP contribution in [0.2, 0.25) is 0 Å². The smallest absolute Gasteiger partial charge is 0.289 e. The summed E-state index contributed by atoms with van der Waals surface area (Å²) in [5.74, 6) is -0.0734. The summed E-state index contributed by atoms with van der Waals surface area (Å²) >= 11 is 3.01. The zero-order valence-corrected chi connectivity index (χ0v) is 19.0. The van der Waals surface area contributed by atoms with Crippen molar-refractivity contribution in [3.63, 3.8) is 0 Å². The second-order valence-electron chi connectivity index (χ2n) is 7.07. The molecule has 0 radical (unpaired) electrons. The average molecular weight is 447 g/mol. The molecule has 0 aliphatic carbocycles. The van der Waals surface area contributed by atoms with Gasteiger partial charge in [0.15, 0.2) is 10.1 Å². The standard InChI is InChI=1S/C21H22N4OS2.ClH/c1-14-9-10-16-18(13-14)28-21(23-16)25(12-6-11-24(2)3)20(26)19-22-15-7-4-5-8-17(15)27-19;/h4-5,7-10,13H,6,11-12H2,1-3H3;1H. The number of amides is 1. The van der Waals surface area contributed by atoms with Crippen LogP contribution in [0.25, 0.3) is 20.4 Å². The Morgan fingerprint density at radius 3 is 2.48 bits per heavy atom. The molecular weight excluding hydrogens is 424 g/mol. The van der Waals surface area contributed by atoms with Gasteiger partial charge in [0.2, 0.25) is 0 Å². The lowest BCUT2D eigenvalue weighted by Gasteiger charge is -2.19. The summed E-state index contributed by atoms with van der Waals surface area (Å²) in [6.07, 6.45) is 0.874. The normalized spacial score (nSPS) is 11.2. The van der Waals surface area contributed by atoms with Crippen LogP contribution < -0.4 is 4.90 Å². The molecule has 0 saturated carbocycles. The van der Waals surface area contributed by atoms with Gasteiger partial charge in [-0.1, -0.05) is 29.5 Å². The predicted octanol–water partition coefficient (Wildman–Crippen LogP) is 5.23. The summed E-state index contributed by atoms with van der Waals surface area (Å²) in [4.78, 5) is 26.6.